The molecule has 0 saturated heterocycles. The van der Waals surface area contributed by atoms with Gasteiger partial charge in [0.15, 0.2) is 0 Å². The molecule has 1 saturated carbocycles. The van der Waals surface area contributed by atoms with E-state index in [4.69, 9.17) is 0 Å². The molecule has 2 nitrogen and oxygen atoms in total. The van der Waals surface area contributed by atoms with Crippen molar-refractivity contribution in [1.29, 1.82) is 0 Å². The van der Waals surface area contributed by atoms with E-state index in [1.165, 1.54) is 25.3 Å². The molecule has 2 aliphatic rings. The summed E-state index contributed by atoms with van der Waals surface area (Å²) in [6, 6.07) is 4.96. The molecule has 3 heteroatoms. The molecule has 0 radical (unpaired) electrons. The van der Waals surface area contributed by atoms with Crippen LogP contribution in [0.15, 0.2) is 18.2 Å². The summed E-state index contributed by atoms with van der Waals surface area (Å²) in [7, 11) is 2.08. The second-order valence-corrected chi connectivity index (χ2v) is 4.65. The van der Waals surface area contributed by atoms with Crippen molar-refractivity contribution in [2.45, 2.75) is 24.8 Å². The van der Waals surface area contributed by atoms with Gasteiger partial charge in [0.1, 0.15) is 5.82 Å². The van der Waals surface area contributed by atoms with Crippen molar-refractivity contribution >= 4 is 11.4 Å². The van der Waals surface area contributed by atoms with Gasteiger partial charge in [0.05, 0.1) is 16.9 Å². The number of nitrogens with one attached hydrogen (secondary N) is 1. The molecule has 3 rings (SSSR count). The predicted molar refractivity (Wildman–Crippen MR) is 59.9 cm³/mol. The van der Waals surface area contributed by atoms with Crippen LogP contribution in [0.2, 0.25) is 0 Å². The number of benzene rings is 1. The van der Waals surface area contributed by atoms with Gasteiger partial charge in [0, 0.05) is 13.6 Å². The van der Waals surface area contributed by atoms with Crippen molar-refractivity contribution in [3.63, 3.8) is 0 Å². The van der Waals surface area contributed by atoms with E-state index >= 15 is 0 Å². The molecule has 1 fully saturated rings. The first kappa shape index (κ1) is 9.01. The molecule has 1 aromatic rings. The van der Waals surface area contributed by atoms with Gasteiger partial charge in [-0.2, -0.15) is 0 Å². The molecular weight excluding hydrogens is 191 g/mol. The molecule has 15 heavy (non-hydrogen) atoms. The summed E-state index contributed by atoms with van der Waals surface area (Å²) in [5.41, 5.74) is 2.30. The van der Waals surface area contributed by atoms with Crippen molar-refractivity contribution in [2.75, 3.05) is 23.8 Å². The fourth-order valence-corrected chi connectivity index (χ4v) is 2.66. The first-order chi connectivity index (χ1) is 7.21. The maximum atomic E-state index is 13.2. The molecule has 1 aliphatic heterocycles. The van der Waals surface area contributed by atoms with Crippen LogP contribution in [0.25, 0.3) is 0 Å². The van der Waals surface area contributed by atoms with E-state index in [-0.39, 0.29) is 11.4 Å². The summed E-state index contributed by atoms with van der Waals surface area (Å²) in [5.74, 6) is -0.154. The van der Waals surface area contributed by atoms with Crippen LogP contribution in [-0.4, -0.2) is 19.1 Å². The predicted octanol–water partition coefficient (Wildman–Crippen LogP) is 2.61. The smallest absolute Gasteiger partial charge is 0.125 e. The monoisotopic (exact) mass is 206 g/mol. The number of nitrogens with zero attached hydrogens (tertiary/aromatic N) is 1. The molecule has 1 N–H and O–H groups in total. The van der Waals surface area contributed by atoms with Gasteiger partial charge in [-0.1, -0.05) is 0 Å². The summed E-state index contributed by atoms with van der Waals surface area (Å²) in [4.78, 5) is 2.26. The second kappa shape index (κ2) is 2.87. The Bertz CT molecular complexity index is 399. The summed E-state index contributed by atoms with van der Waals surface area (Å²) in [6.07, 6.45) is 3.72. The summed E-state index contributed by atoms with van der Waals surface area (Å²) in [6.45, 7) is 0.988. The standard InChI is InChI=1S/C12H15FN2/c1-15-11-7-9(13)3-4-10(11)14-8-12(15)5-2-6-12/h3-4,7,14H,2,5-6,8H2,1H3. The third kappa shape index (κ3) is 1.15. The van der Waals surface area contributed by atoms with E-state index in [9.17, 15) is 4.39 Å². The number of halogens is 1. The van der Waals surface area contributed by atoms with E-state index < -0.39 is 0 Å². The van der Waals surface area contributed by atoms with Gasteiger partial charge in [-0.15, -0.1) is 0 Å². The van der Waals surface area contributed by atoms with E-state index in [1.54, 1.807) is 6.07 Å². The molecule has 1 aliphatic carbocycles. The Morgan fingerprint density at radius 2 is 2.20 bits per heavy atom. The average molecular weight is 206 g/mol. The number of anilines is 2. The number of hydrogen-bond donors (Lipinski definition) is 1. The molecule has 0 bridgehead atoms. The Kier molecular flexibility index (Phi) is 1.73. The van der Waals surface area contributed by atoms with E-state index in [2.05, 4.69) is 17.3 Å². The SMILES string of the molecule is CN1c2cc(F)ccc2NCC12CCC2. The highest BCUT2D eigenvalue weighted by molar-refractivity contribution is 5.73. The molecule has 0 aromatic heterocycles. The zero-order valence-electron chi connectivity index (χ0n) is 8.89. The van der Waals surface area contributed by atoms with Crippen LogP contribution < -0.4 is 10.2 Å². The molecular formula is C12H15FN2. The van der Waals surface area contributed by atoms with E-state index in [0.29, 0.717) is 0 Å². The van der Waals surface area contributed by atoms with Gasteiger partial charge >= 0.3 is 0 Å². The van der Waals surface area contributed by atoms with Crippen LogP contribution in [0.1, 0.15) is 19.3 Å². The van der Waals surface area contributed by atoms with Crippen LogP contribution in [0, 0.1) is 5.82 Å². The first-order valence-corrected chi connectivity index (χ1v) is 5.49. The van der Waals surface area contributed by atoms with Crippen molar-refractivity contribution in [3.8, 4) is 0 Å². The number of likely N-dealkylation sites (N-methyl/N-ethyl adjacent to an activating group) is 1. The van der Waals surface area contributed by atoms with Crippen LogP contribution in [0.4, 0.5) is 15.8 Å². The van der Waals surface area contributed by atoms with Crippen LogP contribution in [0.3, 0.4) is 0 Å². The minimum Gasteiger partial charge on any atom is -0.381 e. The van der Waals surface area contributed by atoms with Gasteiger partial charge < -0.3 is 10.2 Å². The van der Waals surface area contributed by atoms with Gasteiger partial charge in [-0.05, 0) is 37.5 Å². The quantitative estimate of drug-likeness (QED) is 0.702. The molecule has 0 amide bonds. The number of hydrogen-bond acceptors (Lipinski definition) is 2. The first-order valence-electron chi connectivity index (χ1n) is 5.49. The summed E-state index contributed by atoms with van der Waals surface area (Å²) < 4.78 is 13.2. The Morgan fingerprint density at radius 1 is 1.40 bits per heavy atom. The minimum atomic E-state index is -0.154. The van der Waals surface area contributed by atoms with Crippen LogP contribution in [-0.2, 0) is 0 Å². The van der Waals surface area contributed by atoms with E-state index in [0.717, 1.165) is 17.9 Å². The Balaban J connectivity index is 2.04. The maximum Gasteiger partial charge on any atom is 0.125 e. The average Bonchev–Trinajstić information content (AvgIpc) is 2.17. The number of rotatable bonds is 0. The lowest BCUT2D eigenvalue weighted by Gasteiger charge is -2.53. The van der Waals surface area contributed by atoms with Crippen molar-refractivity contribution in [1.82, 2.24) is 0 Å². The Hall–Kier alpha value is -1.25. The minimum absolute atomic E-state index is 0.154. The lowest BCUT2D eigenvalue weighted by Crippen LogP contribution is -2.59. The largest absolute Gasteiger partial charge is 0.381 e. The molecule has 1 spiro atoms. The highest BCUT2D eigenvalue weighted by atomic mass is 19.1. The highest BCUT2D eigenvalue weighted by Crippen LogP contribution is 2.45. The third-order valence-corrected chi connectivity index (χ3v) is 3.92. The third-order valence-electron chi connectivity index (χ3n) is 3.92. The van der Waals surface area contributed by atoms with Gasteiger partial charge in [-0.3, -0.25) is 0 Å². The van der Waals surface area contributed by atoms with E-state index in [1.807, 2.05) is 6.07 Å². The zero-order chi connectivity index (χ0) is 10.5. The molecule has 0 unspecified atom stereocenters. The van der Waals surface area contributed by atoms with Crippen molar-refractivity contribution < 1.29 is 4.39 Å². The molecule has 0 atom stereocenters. The van der Waals surface area contributed by atoms with Gasteiger partial charge in [0.25, 0.3) is 0 Å². The molecule has 80 valence electrons. The Morgan fingerprint density at radius 3 is 2.87 bits per heavy atom. The maximum absolute atomic E-state index is 13.2. The van der Waals surface area contributed by atoms with Crippen LogP contribution in [0.5, 0.6) is 0 Å². The lowest BCUT2D eigenvalue weighted by molar-refractivity contribution is 0.248. The summed E-state index contributed by atoms with van der Waals surface area (Å²) >= 11 is 0. The molecule has 1 heterocycles. The summed E-state index contributed by atoms with van der Waals surface area (Å²) in [5, 5.41) is 3.40. The highest BCUT2D eigenvalue weighted by Gasteiger charge is 2.43. The zero-order valence-corrected chi connectivity index (χ0v) is 8.89. The fourth-order valence-electron chi connectivity index (χ4n) is 2.66. The van der Waals surface area contributed by atoms with Gasteiger partial charge in [0.2, 0.25) is 0 Å². The number of fused-ring (bicyclic) bond motifs is 1. The topological polar surface area (TPSA) is 15.3 Å². The Labute approximate surface area is 89.1 Å². The fraction of sp³-hybridized carbons (Fsp3) is 0.500. The normalized spacial score (nSPS) is 21.9. The van der Waals surface area contributed by atoms with Crippen LogP contribution >= 0.6 is 0 Å². The lowest BCUT2D eigenvalue weighted by atomic mass is 9.74. The van der Waals surface area contributed by atoms with Crippen molar-refractivity contribution in [2.24, 2.45) is 0 Å². The van der Waals surface area contributed by atoms with Crippen molar-refractivity contribution in [3.05, 3.63) is 24.0 Å². The second-order valence-electron chi connectivity index (χ2n) is 4.65. The van der Waals surface area contributed by atoms with Gasteiger partial charge in [-0.25, -0.2) is 4.39 Å². The molecule has 1 aromatic carbocycles.